The van der Waals surface area contributed by atoms with Gasteiger partial charge >= 0.3 is 0 Å². The molecule has 8 nitrogen and oxygen atoms in total. The normalized spacial score (nSPS) is 26.6. The minimum atomic E-state index is -1.35. The number of phenols is 1. The third-order valence-corrected chi connectivity index (χ3v) is 7.83. The summed E-state index contributed by atoms with van der Waals surface area (Å²) in [5.74, 6) is -2.51. The van der Waals surface area contributed by atoms with Crippen LogP contribution in [0.5, 0.6) is 5.75 Å². The molecule has 0 saturated carbocycles. The van der Waals surface area contributed by atoms with Gasteiger partial charge in [-0.2, -0.15) is 0 Å². The predicted molar refractivity (Wildman–Crippen MR) is 133 cm³/mol. The molecule has 3 amide bonds. The van der Waals surface area contributed by atoms with Gasteiger partial charge in [-0.25, -0.2) is 4.90 Å². The summed E-state index contributed by atoms with van der Waals surface area (Å²) in [6.45, 7) is 0. The lowest BCUT2D eigenvalue weighted by molar-refractivity contribution is -0.130. The zero-order chi connectivity index (χ0) is 24.6. The predicted octanol–water partition coefficient (Wildman–Crippen LogP) is 3.04. The van der Waals surface area contributed by atoms with Gasteiger partial charge in [0, 0.05) is 34.4 Å². The Labute approximate surface area is 205 Å². The molecule has 8 heteroatoms. The van der Waals surface area contributed by atoms with Crippen LogP contribution in [0, 0.1) is 11.8 Å². The van der Waals surface area contributed by atoms with E-state index < -0.39 is 23.4 Å². The summed E-state index contributed by atoms with van der Waals surface area (Å²) in [5.41, 5.74) is 2.22. The van der Waals surface area contributed by atoms with Crippen molar-refractivity contribution in [3.05, 3.63) is 90.1 Å². The fourth-order valence-electron chi connectivity index (χ4n) is 6.34. The lowest BCUT2D eigenvalue weighted by atomic mass is 9.76. The molecular weight excluding hydrogens is 456 g/mol. The van der Waals surface area contributed by atoms with Gasteiger partial charge in [0.25, 0.3) is 0 Å². The van der Waals surface area contributed by atoms with Crippen LogP contribution in [-0.2, 0) is 26.3 Å². The molecule has 178 valence electrons. The van der Waals surface area contributed by atoms with Crippen molar-refractivity contribution in [2.75, 3.05) is 10.2 Å². The minimum Gasteiger partial charge on any atom is -0.508 e. The molecule has 36 heavy (non-hydrogen) atoms. The van der Waals surface area contributed by atoms with Crippen LogP contribution in [-0.4, -0.2) is 33.9 Å². The van der Waals surface area contributed by atoms with Crippen molar-refractivity contribution in [1.29, 1.82) is 0 Å². The number of imide groups is 1. The first-order valence-corrected chi connectivity index (χ1v) is 11.9. The van der Waals surface area contributed by atoms with Gasteiger partial charge in [-0.15, -0.1) is 0 Å². The summed E-state index contributed by atoms with van der Waals surface area (Å²) in [4.78, 5) is 45.9. The van der Waals surface area contributed by atoms with Gasteiger partial charge in [-0.05, 0) is 48.4 Å². The van der Waals surface area contributed by atoms with Crippen molar-refractivity contribution >= 4 is 40.0 Å². The number of nitrogens with one attached hydrogen (secondary N) is 3. The van der Waals surface area contributed by atoms with Crippen LogP contribution >= 0.6 is 0 Å². The maximum Gasteiger partial charge on any atom is 0.250 e. The van der Waals surface area contributed by atoms with E-state index >= 15 is 0 Å². The Balaban J connectivity index is 1.38. The SMILES string of the molecule is O=C1[C@H]2[C@H](Cc3c[nH]c4ccc(O)cc34)N[C@@]3(C(=O)Nc4ccccc43)[C@H]2C(=O)N1c1ccccc1. The van der Waals surface area contributed by atoms with Crippen molar-refractivity contribution in [2.45, 2.75) is 18.0 Å². The Morgan fingerprint density at radius 1 is 0.917 bits per heavy atom. The summed E-state index contributed by atoms with van der Waals surface area (Å²) in [6.07, 6.45) is 2.24. The number of anilines is 2. The largest absolute Gasteiger partial charge is 0.508 e. The molecule has 0 radical (unpaired) electrons. The van der Waals surface area contributed by atoms with Crippen LogP contribution in [0.1, 0.15) is 11.1 Å². The van der Waals surface area contributed by atoms with E-state index in [2.05, 4.69) is 15.6 Å². The molecule has 3 aromatic carbocycles. The molecule has 4 N–H and O–H groups in total. The monoisotopic (exact) mass is 478 g/mol. The Bertz CT molecular complexity index is 1580. The molecule has 1 spiro atoms. The number of hydrogen-bond acceptors (Lipinski definition) is 5. The van der Waals surface area contributed by atoms with E-state index in [1.165, 1.54) is 4.90 Å². The molecule has 0 bridgehead atoms. The van der Waals surface area contributed by atoms with Crippen molar-refractivity contribution in [1.82, 2.24) is 10.3 Å². The second-order valence-electron chi connectivity index (χ2n) is 9.66. The number of H-pyrrole nitrogens is 1. The molecule has 2 saturated heterocycles. The van der Waals surface area contributed by atoms with Crippen LogP contribution in [0.3, 0.4) is 0 Å². The van der Waals surface area contributed by atoms with Gasteiger partial charge in [-0.1, -0.05) is 36.4 Å². The number of phenolic OH excluding ortho intramolecular Hbond substituents is 1. The summed E-state index contributed by atoms with van der Waals surface area (Å²) in [7, 11) is 0. The van der Waals surface area contributed by atoms with Crippen LogP contribution in [0.25, 0.3) is 10.9 Å². The maximum absolute atomic E-state index is 14.0. The highest BCUT2D eigenvalue weighted by molar-refractivity contribution is 6.25. The zero-order valence-electron chi connectivity index (χ0n) is 19.1. The number of carbonyl (C=O) groups is 3. The Morgan fingerprint density at radius 3 is 2.53 bits per heavy atom. The Morgan fingerprint density at radius 2 is 1.69 bits per heavy atom. The zero-order valence-corrected chi connectivity index (χ0v) is 19.1. The number of fused-ring (bicyclic) bond motifs is 5. The minimum absolute atomic E-state index is 0.142. The van der Waals surface area contributed by atoms with Crippen LogP contribution in [0.2, 0.25) is 0 Å². The van der Waals surface area contributed by atoms with E-state index in [1.54, 1.807) is 42.5 Å². The van der Waals surface area contributed by atoms with Gasteiger partial charge < -0.3 is 15.4 Å². The summed E-state index contributed by atoms with van der Waals surface area (Å²) in [6, 6.07) is 20.8. The molecule has 0 aliphatic carbocycles. The highest BCUT2D eigenvalue weighted by Crippen LogP contribution is 2.54. The first-order valence-electron chi connectivity index (χ1n) is 11.9. The average Bonchev–Trinajstić information content (AvgIpc) is 3.58. The average molecular weight is 479 g/mol. The molecule has 7 rings (SSSR count). The van der Waals surface area contributed by atoms with Crippen molar-refractivity contribution in [3.63, 3.8) is 0 Å². The number of hydrogen-bond donors (Lipinski definition) is 4. The molecule has 3 aliphatic rings. The van der Waals surface area contributed by atoms with Gasteiger partial charge in [-0.3, -0.25) is 19.7 Å². The van der Waals surface area contributed by atoms with E-state index in [9.17, 15) is 19.5 Å². The fraction of sp³-hybridized carbons (Fsp3) is 0.179. The molecule has 4 aromatic rings. The third kappa shape index (κ3) is 2.64. The van der Waals surface area contributed by atoms with E-state index in [0.717, 1.165) is 16.5 Å². The smallest absolute Gasteiger partial charge is 0.250 e. The van der Waals surface area contributed by atoms with E-state index in [-0.39, 0.29) is 23.5 Å². The van der Waals surface area contributed by atoms with Gasteiger partial charge in [0.15, 0.2) is 0 Å². The second-order valence-corrected chi connectivity index (χ2v) is 9.66. The number of aromatic amines is 1. The van der Waals surface area contributed by atoms with Gasteiger partial charge in [0.1, 0.15) is 11.3 Å². The highest BCUT2D eigenvalue weighted by Gasteiger charge is 2.70. The number of nitrogens with zero attached hydrogens (tertiary/aromatic N) is 1. The highest BCUT2D eigenvalue weighted by atomic mass is 16.3. The summed E-state index contributed by atoms with van der Waals surface area (Å²) < 4.78 is 0. The number of aromatic hydroxyl groups is 1. The molecule has 2 fully saturated rings. The number of para-hydroxylation sites is 2. The van der Waals surface area contributed by atoms with E-state index in [1.807, 2.05) is 36.5 Å². The molecule has 0 unspecified atom stereocenters. The van der Waals surface area contributed by atoms with Crippen molar-refractivity contribution in [3.8, 4) is 5.75 Å². The van der Waals surface area contributed by atoms with E-state index in [0.29, 0.717) is 23.4 Å². The standard InChI is InChI=1S/C28H22N4O4/c33-17-10-11-20-18(13-17)15(14-29-20)12-22-23-24(26(35)32(25(23)34)16-6-2-1-3-7-16)28(31-22)19-8-4-5-9-21(19)30-27(28)36/h1-11,13-14,22-24,29,31,33H,12H2,(H,30,36)/t22-,23-,24+,28+/m0/s1. The maximum atomic E-state index is 14.0. The number of benzene rings is 3. The molecule has 3 aliphatic heterocycles. The van der Waals surface area contributed by atoms with Crippen molar-refractivity contribution < 1.29 is 19.5 Å². The van der Waals surface area contributed by atoms with Gasteiger partial charge in [0.05, 0.1) is 17.5 Å². The van der Waals surface area contributed by atoms with Crippen molar-refractivity contribution in [2.24, 2.45) is 11.8 Å². The number of aromatic nitrogens is 1. The molecule has 1 aromatic heterocycles. The Kier molecular flexibility index (Phi) is 4.23. The molecular formula is C28H22N4O4. The number of amides is 3. The first-order chi connectivity index (χ1) is 17.5. The topological polar surface area (TPSA) is 115 Å². The number of rotatable bonds is 3. The second kappa shape index (κ2) is 7.29. The molecule has 4 atom stereocenters. The quantitative estimate of drug-likeness (QED) is 0.338. The van der Waals surface area contributed by atoms with Gasteiger partial charge in [0.2, 0.25) is 17.7 Å². The lowest BCUT2D eigenvalue weighted by Crippen LogP contribution is -2.53. The van der Waals surface area contributed by atoms with Crippen LogP contribution < -0.4 is 15.5 Å². The summed E-state index contributed by atoms with van der Waals surface area (Å²) >= 11 is 0. The van der Waals surface area contributed by atoms with E-state index in [4.69, 9.17) is 0 Å². The lowest BCUT2D eigenvalue weighted by Gasteiger charge is -2.29. The fourth-order valence-corrected chi connectivity index (χ4v) is 6.34. The number of carbonyl (C=O) groups excluding carboxylic acids is 3. The first kappa shape index (κ1) is 20.9. The Hall–Kier alpha value is -4.43. The summed E-state index contributed by atoms with van der Waals surface area (Å²) in [5, 5.41) is 17.3. The van der Waals surface area contributed by atoms with Crippen LogP contribution in [0.4, 0.5) is 11.4 Å². The molecule has 4 heterocycles. The van der Waals surface area contributed by atoms with Crippen LogP contribution in [0.15, 0.2) is 79.0 Å². The third-order valence-electron chi connectivity index (χ3n) is 7.83.